The summed E-state index contributed by atoms with van der Waals surface area (Å²) in [6, 6.07) is 0.0475. The second-order valence-electron chi connectivity index (χ2n) is 6.26. The van der Waals surface area contributed by atoms with Crippen LogP contribution in [0.25, 0.3) is 0 Å². The fraction of sp³-hybridized carbons (Fsp3) is 0.933. The zero-order valence-corrected chi connectivity index (χ0v) is 12.3. The lowest BCUT2D eigenvalue weighted by molar-refractivity contribution is -0.131. The van der Waals surface area contributed by atoms with Crippen LogP contribution >= 0.6 is 0 Å². The molecule has 3 nitrogen and oxygen atoms in total. The standard InChI is InChI=1S/C15H28N2O/c1-5-10(3)14-15(18)17(13(6-2)16-14)9-11(4)12-7-8-12/h10-14,16H,5-9H2,1-4H3. The van der Waals surface area contributed by atoms with Gasteiger partial charge < -0.3 is 4.90 Å². The second kappa shape index (κ2) is 5.60. The number of amides is 1. The third-order valence-electron chi connectivity index (χ3n) is 4.81. The lowest BCUT2D eigenvalue weighted by Crippen LogP contribution is -2.39. The van der Waals surface area contributed by atoms with E-state index in [1.165, 1.54) is 12.8 Å². The van der Waals surface area contributed by atoms with E-state index in [9.17, 15) is 4.79 Å². The number of rotatable bonds is 6. The van der Waals surface area contributed by atoms with Gasteiger partial charge in [0.25, 0.3) is 0 Å². The molecule has 104 valence electrons. The van der Waals surface area contributed by atoms with E-state index in [1.807, 2.05) is 0 Å². The monoisotopic (exact) mass is 252 g/mol. The Hall–Kier alpha value is -0.570. The third-order valence-corrected chi connectivity index (χ3v) is 4.81. The molecule has 1 saturated carbocycles. The number of hydrogen-bond donors (Lipinski definition) is 1. The first-order chi connectivity index (χ1) is 8.58. The normalized spacial score (nSPS) is 31.8. The Bertz CT molecular complexity index is 301. The number of carbonyl (C=O) groups is 1. The van der Waals surface area contributed by atoms with E-state index >= 15 is 0 Å². The summed E-state index contributed by atoms with van der Waals surface area (Å²) < 4.78 is 0. The Morgan fingerprint density at radius 3 is 2.44 bits per heavy atom. The lowest BCUT2D eigenvalue weighted by Gasteiger charge is -2.26. The number of carbonyl (C=O) groups excluding carboxylic acids is 1. The molecule has 1 N–H and O–H groups in total. The van der Waals surface area contributed by atoms with Crippen molar-refractivity contribution in [2.24, 2.45) is 17.8 Å². The van der Waals surface area contributed by atoms with Crippen LogP contribution in [0.2, 0.25) is 0 Å². The van der Waals surface area contributed by atoms with E-state index < -0.39 is 0 Å². The van der Waals surface area contributed by atoms with Gasteiger partial charge in [-0.2, -0.15) is 0 Å². The Morgan fingerprint density at radius 1 is 1.28 bits per heavy atom. The smallest absolute Gasteiger partial charge is 0.241 e. The van der Waals surface area contributed by atoms with Gasteiger partial charge in [-0.1, -0.05) is 34.1 Å². The van der Waals surface area contributed by atoms with E-state index in [4.69, 9.17) is 0 Å². The van der Waals surface area contributed by atoms with Gasteiger partial charge in [-0.3, -0.25) is 10.1 Å². The minimum absolute atomic E-state index is 0.0475. The van der Waals surface area contributed by atoms with Gasteiger partial charge in [-0.05, 0) is 37.0 Å². The van der Waals surface area contributed by atoms with Gasteiger partial charge in [-0.15, -0.1) is 0 Å². The molecule has 2 rings (SSSR count). The fourth-order valence-corrected chi connectivity index (χ4v) is 3.02. The summed E-state index contributed by atoms with van der Waals surface area (Å²) in [7, 11) is 0. The maximum atomic E-state index is 12.5. The van der Waals surface area contributed by atoms with Gasteiger partial charge in [-0.25, -0.2) is 0 Å². The molecule has 0 aromatic rings. The Labute approximate surface area is 111 Å². The summed E-state index contributed by atoms with van der Waals surface area (Å²) in [4.78, 5) is 14.6. The summed E-state index contributed by atoms with van der Waals surface area (Å²) in [5, 5.41) is 3.53. The molecule has 4 atom stereocenters. The number of nitrogens with one attached hydrogen (secondary N) is 1. The molecule has 2 fully saturated rings. The molecule has 0 aromatic carbocycles. The molecule has 4 unspecified atom stereocenters. The van der Waals surface area contributed by atoms with Crippen LogP contribution in [0.1, 0.15) is 53.4 Å². The van der Waals surface area contributed by atoms with Gasteiger partial charge >= 0.3 is 0 Å². The highest BCUT2D eigenvalue weighted by atomic mass is 16.2. The van der Waals surface area contributed by atoms with Crippen LogP contribution in [-0.2, 0) is 4.79 Å². The molecule has 0 radical (unpaired) electrons. The van der Waals surface area contributed by atoms with Crippen LogP contribution < -0.4 is 5.32 Å². The average Bonchev–Trinajstić information content (AvgIpc) is 3.16. The van der Waals surface area contributed by atoms with Crippen LogP contribution in [0.3, 0.4) is 0 Å². The highest BCUT2D eigenvalue weighted by Crippen LogP contribution is 2.37. The molecule has 1 aliphatic carbocycles. The first-order valence-corrected chi connectivity index (χ1v) is 7.65. The Morgan fingerprint density at radius 2 is 1.94 bits per heavy atom. The van der Waals surface area contributed by atoms with Gasteiger partial charge in [0, 0.05) is 6.54 Å². The van der Waals surface area contributed by atoms with Crippen LogP contribution in [-0.4, -0.2) is 29.6 Å². The molecule has 1 amide bonds. The third kappa shape index (κ3) is 2.71. The minimum Gasteiger partial charge on any atom is -0.326 e. The highest BCUT2D eigenvalue weighted by Gasteiger charge is 2.41. The van der Waals surface area contributed by atoms with Crippen molar-refractivity contribution in [1.29, 1.82) is 0 Å². The van der Waals surface area contributed by atoms with Crippen molar-refractivity contribution in [3.8, 4) is 0 Å². The fourth-order valence-electron chi connectivity index (χ4n) is 3.02. The van der Waals surface area contributed by atoms with Crippen molar-refractivity contribution in [3.63, 3.8) is 0 Å². The zero-order valence-electron chi connectivity index (χ0n) is 12.3. The molecule has 2 aliphatic rings. The molecule has 18 heavy (non-hydrogen) atoms. The SMILES string of the molecule is CCC(C)C1NC(CC)N(CC(C)C2CC2)C1=O. The molecule has 0 bridgehead atoms. The molecular formula is C15H28N2O. The van der Waals surface area contributed by atoms with Crippen LogP contribution in [0, 0.1) is 17.8 Å². The zero-order chi connectivity index (χ0) is 13.3. The largest absolute Gasteiger partial charge is 0.326 e. The van der Waals surface area contributed by atoms with Crippen molar-refractivity contribution < 1.29 is 4.79 Å². The first kappa shape index (κ1) is 13.9. The van der Waals surface area contributed by atoms with E-state index in [0.29, 0.717) is 17.7 Å². The predicted octanol–water partition coefficient (Wildman–Crippen LogP) is 2.62. The predicted molar refractivity (Wildman–Crippen MR) is 74.1 cm³/mol. The van der Waals surface area contributed by atoms with Crippen LogP contribution in [0.5, 0.6) is 0 Å². The lowest BCUT2D eigenvalue weighted by atomic mass is 9.99. The van der Waals surface area contributed by atoms with Crippen LogP contribution in [0.15, 0.2) is 0 Å². The van der Waals surface area contributed by atoms with Crippen molar-refractivity contribution >= 4 is 5.91 Å². The van der Waals surface area contributed by atoms with Crippen molar-refractivity contribution in [2.75, 3.05) is 6.54 Å². The summed E-state index contributed by atoms with van der Waals surface area (Å²) in [5.74, 6) is 2.31. The quantitative estimate of drug-likeness (QED) is 0.788. The maximum Gasteiger partial charge on any atom is 0.241 e. The van der Waals surface area contributed by atoms with E-state index in [2.05, 4.69) is 37.9 Å². The highest BCUT2D eigenvalue weighted by molar-refractivity contribution is 5.84. The van der Waals surface area contributed by atoms with Crippen LogP contribution in [0.4, 0.5) is 0 Å². The molecule has 0 spiro atoms. The van der Waals surface area contributed by atoms with Crippen molar-refractivity contribution in [2.45, 2.75) is 65.6 Å². The van der Waals surface area contributed by atoms with Gasteiger partial charge in [0.2, 0.25) is 5.91 Å². The second-order valence-corrected chi connectivity index (χ2v) is 6.26. The van der Waals surface area contributed by atoms with Crippen molar-refractivity contribution in [1.82, 2.24) is 10.2 Å². The van der Waals surface area contributed by atoms with Gasteiger partial charge in [0.05, 0.1) is 12.2 Å². The van der Waals surface area contributed by atoms with Crippen molar-refractivity contribution in [3.05, 3.63) is 0 Å². The molecule has 0 aromatic heterocycles. The summed E-state index contributed by atoms with van der Waals surface area (Å²) in [6.07, 6.45) is 5.06. The molecular weight excluding hydrogens is 224 g/mol. The summed E-state index contributed by atoms with van der Waals surface area (Å²) in [5.41, 5.74) is 0. The Balaban J connectivity index is 2.00. The Kier molecular flexibility index (Phi) is 4.31. The van der Waals surface area contributed by atoms with Gasteiger partial charge in [0.15, 0.2) is 0 Å². The number of hydrogen-bond acceptors (Lipinski definition) is 2. The van der Waals surface area contributed by atoms with E-state index in [0.717, 1.165) is 25.3 Å². The summed E-state index contributed by atoms with van der Waals surface area (Å²) in [6.45, 7) is 9.75. The number of nitrogens with zero attached hydrogens (tertiary/aromatic N) is 1. The van der Waals surface area contributed by atoms with Gasteiger partial charge in [0.1, 0.15) is 0 Å². The maximum absolute atomic E-state index is 12.5. The molecule has 1 heterocycles. The molecule has 3 heteroatoms. The first-order valence-electron chi connectivity index (χ1n) is 7.65. The minimum atomic E-state index is 0.0475. The van der Waals surface area contributed by atoms with E-state index in [1.54, 1.807) is 0 Å². The molecule has 1 saturated heterocycles. The topological polar surface area (TPSA) is 32.3 Å². The average molecular weight is 252 g/mol. The molecule has 1 aliphatic heterocycles. The summed E-state index contributed by atoms with van der Waals surface area (Å²) >= 11 is 0. The van der Waals surface area contributed by atoms with E-state index in [-0.39, 0.29) is 12.2 Å².